The normalized spacial score (nSPS) is 13.1. The van der Waals surface area contributed by atoms with Crippen LogP contribution in [0.3, 0.4) is 0 Å². The Labute approximate surface area is 135 Å². The Bertz CT molecular complexity index is 585. The molecule has 0 aliphatic carbocycles. The Morgan fingerprint density at radius 3 is 2.10 bits per heavy atom. The Kier molecular flexibility index (Phi) is 5.22. The van der Waals surface area contributed by atoms with E-state index in [1.807, 2.05) is 13.2 Å². The molecule has 1 aromatic carbocycles. The van der Waals surface area contributed by atoms with Crippen LogP contribution >= 0.6 is 15.9 Å². The summed E-state index contributed by atoms with van der Waals surface area (Å²) in [5.74, 6) is 0.556. The average Bonchev–Trinajstić information content (AvgIpc) is 2.83. The fraction of sp³-hybridized carbons (Fsp3) is 0.471. The van der Waals surface area contributed by atoms with E-state index in [0.717, 1.165) is 4.47 Å². The summed E-state index contributed by atoms with van der Waals surface area (Å²) in [5.41, 5.74) is 3.79. The second-order valence-corrected chi connectivity index (χ2v) is 6.81. The number of nitrogens with one attached hydrogen (secondary N) is 1. The molecule has 0 aliphatic heterocycles. The average molecular weight is 350 g/mol. The first-order chi connectivity index (χ1) is 9.95. The van der Waals surface area contributed by atoms with Gasteiger partial charge in [-0.2, -0.15) is 5.10 Å². The summed E-state index contributed by atoms with van der Waals surface area (Å²) in [6, 6.07) is 9.31. The molecule has 21 heavy (non-hydrogen) atoms. The molecule has 0 spiro atoms. The van der Waals surface area contributed by atoms with Gasteiger partial charge in [0.1, 0.15) is 0 Å². The molecule has 2 aromatic rings. The molecule has 0 radical (unpaired) electrons. The van der Waals surface area contributed by atoms with E-state index in [1.54, 1.807) is 0 Å². The van der Waals surface area contributed by atoms with Gasteiger partial charge >= 0.3 is 0 Å². The number of hydrogen-bond donors (Lipinski definition) is 1. The molecular formula is C17H24BrN3. The molecule has 0 aliphatic rings. The predicted octanol–water partition coefficient (Wildman–Crippen LogP) is 4.66. The highest BCUT2D eigenvalue weighted by Gasteiger charge is 2.21. The number of halogens is 1. The number of rotatable bonds is 5. The van der Waals surface area contributed by atoms with Gasteiger partial charge in [-0.25, -0.2) is 0 Å². The third-order valence-electron chi connectivity index (χ3n) is 3.77. The number of aromatic nitrogens is 2. The molecular weight excluding hydrogens is 326 g/mol. The fourth-order valence-corrected chi connectivity index (χ4v) is 3.07. The summed E-state index contributed by atoms with van der Waals surface area (Å²) in [6.45, 7) is 8.74. The Morgan fingerprint density at radius 1 is 1.05 bits per heavy atom. The van der Waals surface area contributed by atoms with E-state index < -0.39 is 0 Å². The van der Waals surface area contributed by atoms with Crippen LogP contribution < -0.4 is 5.32 Å². The first kappa shape index (κ1) is 16.2. The van der Waals surface area contributed by atoms with E-state index in [2.05, 4.69) is 83.0 Å². The van der Waals surface area contributed by atoms with Gasteiger partial charge in [0.25, 0.3) is 0 Å². The maximum Gasteiger partial charge on any atom is 0.0757 e. The molecule has 1 aromatic heterocycles. The first-order valence-electron chi connectivity index (χ1n) is 7.45. The maximum atomic E-state index is 4.49. The zero-order valence-electron chi connectivity index (χ0n) is 13.4. The van der Waals surface area contributed by atoms with Crippen molar-refractivity contribution in [1.82, 2.24) is 15.1 Å². The smallest absolute Gasteiger partial charge is 0.0757 e. The van der Waals surface area contributed by atoms with Crippen molar-refractivity contribution < 1.29 is 0 Å². The third kappa shape index (κ3) is 3.38. The van der Waals surface area contributed by atoms with E-state index in [0.29, 0.717) is 12.0 Å². The van der Waals surface area contributed by atoms with Crippen LogP contribution in [0.4, 0.5) is 0 Å². The minimum absolute atomic E-state index is 0.130. The van der Waals surface area contributed by atoms with E-state index in [1.165, 1.54) is 16.8 Å². The lowest BCUT2D eigenvalue weighted by atomic mass is 9.97. The Hall–Kier alpha value is -1.13. The Morgan fingerprint density at radius 2 is 1.62 bits per heavy atom. The Balaban J connectivity index is 2.42. The maximum absolute atomic E-state index is 4.49. The van der Waals surface area contributed by atoms with Crippen molar-refractivity contribution in [2.45, 2.75) is 45.7 Å². The lowest BCUT2D eigenvalue weighted by molar-refractivity contribution is 0.483. The highest BCUT2D eigenvalue weighted by molar-refractivity contribution is 9.10. The van der Waals surface area contributed by atoms with Crippen LogP contribution in [0.2, 0.25) is 0 Å². The van der Waals surface area contributed by atoms with Gasteiger partial charge in [-0.15, -0.1) is 0 Å². The molecule has 0 saturated carbocycles. The number of hydrogen-bond acceptors (Lipinski definition) is 2. The largest absolute Gasteiger partial charge is 0.308 e. The molecule has 4 heteroatoms. The molecule has 0 fully saturated rings. The highest BCUT2D eigenvalue weighted by Crippen LogP contribution is 2.31. The van der Waals surface area contributed by atoms with Crippen LogP contribution in [0.1, 0.15) is 62.5 Å². The van der Waals surface area contributed by atoms with Crippen molar-refractivity contribution in [3.05, 3.63) is 51.8 Å². The summed E-state index contributed by atoms with van der Waals surface area (Å²) in [6.07, 6.45) is 1.88. The van der Waals surface area contributed by atoms with Crippen molar-refractivity contribution in [3.63, 3.8) is 0 Å². The minimum Gasteiger partial charge on any atom is -0.308 e. The highest BCUT2D eigenvalue weighted by atomic mass is 79.9. The van der Waals surface area contributed by atoms with Crippen LogP contribution in [0.15, 0.2) is 34.9 Å². The van der Waals surface area contributed by atoms with Gasteiger partial charge in [0.05, 0.1) is 22.4 Å². The molecule has 0 amide bonds. The fourth-order valence-electron chi connectivity index (χ4n) is 2.57. The van der Waals surface area contributed by atoms with Gasteiger partial charge in [0.2, 0.25) is 0 Å². The molecule has 3 nitrogen and oxygen atoms in total. The molecule has 1 heterocycles. The molecule has 1 N–H and O–H groups in total. The zero-order chi connectivity index (χ0) is 15.6. The third-order valence-corrected chi connectivity index (χ3v) is 4.39. The summed E-state index contributed by atoms with van der Waals surface area (Å²) in [5, 5.41) is 7.90. The van der Waals surface area contributed by atoms with Crippen LogP contribution in [-0.4, -0.2) is 16.8 Å². The monoisotopic (exact) mass is 349 g/mol. The lowest BCUT2D eigenvalue weighted by Gasteiger charge is -2.21. The molecule has 2 rings (SSSR count). The van der Waals surface area contributed by atoms with E-state index >= 15 is 0 Å². The van der Waals surface area contributed by atoms with E-state index in [4.69, 9.17) is 0 Å². The topological polar surface area (TPSA) is 29.9 Å². The van der Waals surface area contributed by atoms with Crippen LogP contribution in [0, 0.1) is 0 Å². The lowest BCUT2D eigenvalue weighted by Crippen LogP contribution is -2.23. The SMILES string of the molecule is CNC(c1ccc(C(C)C)cc1)c1c(Br)cnn1C(C)C. The van der Waals surface area contributed by atoms with E-state index in [9.17, 15) is 0 Å². The zero-order valence-corrected chi connectivity index (χ0v) is 15.0. The van der Waals surface area contributed by atoms with Crippen molar-refractivity contribution in [1.29, 1.82) is 0 Å². The summed E-state index contributed by atoms with van der Waals surface area (Å²) in [7, 11) is 1.99. The number of benzene rings is 1. The number of nitrogens with zero attached hydrogens (tertiary/aromatic N) is 2. The van der Waals surface area contributed by atoms with Crippen LogP contribution in [0.5, 0.6) is 0 Å². The molecule has 0 saturated heterocycles. The van der Waals surface area contributed by atoms with Crippen LogP contribution in [-0.2, 0) is 0 Å². The van der Waals surface area contributed by atoms with Gasteiger partial charge < -0.3 is 5.32 Å². The van der Waals surface area contributed by atoms with Gasteiger partial charge in [-0.1, -0.05) is 38.1 Å². The van der Waals surface area contributed by atoms with Gasteiger partial charge in [0, 0.05) is 6.04 Å². The standard InChI is InChI=1S/C17H24BrN3/c1-11(2)13-6-8-14(9-7-13)16(19-5)17-15(18)10-20-21(17)12(3)4/h6-12,16,19H,1-5H3. The summed E-state index contributed by atoms with van der Waals surface area (Å²) in [4.78, 5) is 0. The van der Waals surface area contributed by atoms with Crippen molar-refractivity contribution in [2.24, 2.45) is 0 Å². The second kappa shape index (κ2) is 6.75. The first-order valence-corrected chi connectivity index (χ1v) is 8.25. The predicted molar refractivity (Wildman–Crippen MR) is 91.7 cm³/mol. The van der Waals surface area contributed by atoms with Gasteiger partial charge in [-0.05, 0) is 53.9 Å². The molecule has 0 bridgehead atoms. The van der Waals surface area contributed by atoms with Crippen LogP contribution in [0.25, 0.3) is 0 Å². The van der Waals surface area contributed by atoms with Crippen molar-refractivity contribution in [2.75, 3.05) is 7.05 Å². The van der Waals surface area contributed by atoms with Crippen molar-refractivity contribution in [3.8, 4) is 0 Å². The molecule has 1 unspecified atom stereocenters. The quantitative estimate of drug-likeness (QED) is 0.850. The van der Waals surface area contributed by atoms with Gasteiger partial charge in [0.15, 0.2) is 0 Å². The molecule has 114 valence electrons. The second-order valence-electron chi connectivity index (χ2n) is 5.96. The van der Waals surface area contributed by atoms with Crippen molar-refractivity contribution >= 4 is 15.9 Å². The summed E-state index contributed by atoms with van der Waals surface area (Å²) < 4.78 is 3.12. The van der Waals surface area contributed by atoms with E-state index in [-0.39, 0.29) is 6.04 Å². The summed E-state index contributed by atoms with van der Waals surface area (Å²) >= 11 is 3.64. The molecule has 1 atom stereocenters. The van der Waals surface area contributed by atoms with Gasteiger partial charge in [-0.3, -0.25) is 4.68 Å². The minimum atomic E-state index is 0.130.